The number of aliphatic hydroxyl groups excluding tert-OH is 1. The molecule has 0 aliphatic heterocycles. The number of benzene rings is 2. The zero-order valence-electron chi connectivity index (χ0n) is 19.1. The van der Waals surface area contributed by atoms with Gasteiger partial charge < -0.3 is 10.4 Å². The number of nitrogens with one attached hydrogen (secondary N) is 1. The van der Waals surface area contributed by atoms with Crippen LogP contribution in [0.5, 0.6) is 0 Å². The normalized spacial score (nSPS) is 13.5. The molecule has 0 spiro atoms. The van der Waals surface area contributed by atoms with E-state index in [4.69, 9.17) is 10.2 Å². The standard InChI is InChI=1S/C21H25N3O8S4/c1-34(27,28)19(20(26)23-9-12-36(22,31)32)21-24-17-8-5-15(13-18(17)33-21)14-3-6-16(7-4-14)35(29,30)11-2-10-25/h3-8,13,19,25H,2,9-12H2,1H3,(H,23,26)(H2,22,31,32). The molecule has 0 radical (unpaired) electrons. The predicted molar refractivity (Wildman–Crippen MR) is 137 cm³/mol. The number of sulfonamides is 1. The number of sulfone groups is 2. The molecule has 0 fully saturated rings. The van der Waals surface area contributed by atoms with Crippen LogP contribution < -0.4 is 10.5 Å². The predicted octanol–water partition coefficient (Wildman–Crippen LogP) is 0.610. The average Bonchev–Trinajstić information content (AvgIpc) is 3.18. The minimum Gasteiger partial charge on any atom is -0.396 e. The van der Waals surface area contributed by atoms with Gasteiger partial charge in [-0.3, -0.25) is 4.79 Å². The molecule has 1 heterocycles. The summed E-state index contributed by atoms with van der Waals surface area (Å²) in [6.07, 6.45) is 1.04. The van der Waals surface area contributed by atoms with E-state index in [0.29, 0.717) is 15.8 Å². The summed E-state index contributed by atoms with van der Waals surface area (Å²) in [6, 6.07) is 11.4. The first-order chi connectivity index (χ1) is 16.7. The zero-order valence-corrected chi connectivity index (χ0v) is 22.4. The molecule has 0 saturated carbocycles. The maximum atomic E-state index is 12.6. The van der Waals surface area contributed by atoms with Crippen LogP contribution in [-0.2, 0) is 34.5 Å². The molecule has 0 saturated heterocycles. The summed E-state index contributed by atoms with van der Waals surface area (Å²) < 4.78 is 72.1. The van der Waals surface area contributed by atoms with E-state index in [0.717, 1.165) is 23.2 Å². The second kappa shape index (κ2) is 10.9. The Kier molecular flexibility index (Phi) is 8.52. The van der Waals surface area contributed by atoms with Crippen LogP contribution in [0.4, 0.5) is 0 Å². The van der Waals surface area contributed by atoms with Gasteiger partial charge in [0.2, 0.25) is 15.9 Å². The largest absolute Gasteiger partial charge is 0.396 e. The van der Waals surface area contributed by atoms with Crippen molar-refractivity contribution < 1.29 is 35.2 Å². The van der Waals surface area contributed by atoms with Crippen LogP contribution in [0.3, 0.4) is 0 Å². The van der Waals surface area contributed by atoms with Gasteiger partial charge in [-0.05, 0) is 41.8 Å². The number of hydrogen-bond acceptors (Lipinski definition) is 10. The van der Waals surface area contributed by atoms with Gasteiger partial charge in [0.05, 0.1) is 26.6 Å². The van der Waals surface area contributed by atoms with Crippen molar-refractivity contribution in [2.24, 2.45) is 5.14 Å². The monoisotopic (exact) mass is 575 g/mol. The van der Waals surface area contributed by atoms with E-state index in [2.05, 4.69) is 10.3 Å². The molecule has 11 nitrogen and oxygen atoms in total. The van der Waals surface area contributed by atoms with Gasteiger partial charge in [0, 0.05) is 19.4 Å². The number of carbonyl (C=O) groups is 1. The first-order valence-electron chi connectivity index (χ1n) is 10.5. The maximum Gasteiger partial charge on any atom is 0.245 e. The van der Waals surface area contributed by atoms with Crippen LogP contribution >= 0.6 is 11.3 Å². The van der Waals surface area contributed by atoms with E-state index in [9.17, 15) is 30.0 Å². The number of hydrogen-bond donors (Lipinski definition) is 3. The number of carbonyl (C=O) groups excluding carboxylic acids is 1. The van der Waals surface area contributed by atoms with E-state index < -0.39 is 46.6 Å². The van der Waals surface area contributed by atoms with Crippen molar-refractivity contribution in [3.05, 3.63) is 47.5 Å². The fourth-order valence-electron chi connectivity index (χ4n) is 3.36. The fourth-order valence-corrected chi connectivity index (χ4v) is 7.59. The van der Waals surface area contributed by atoms with Gasteiger partial charge in [-0.15, -0.1) is 11.3 Å². The van der Waals surface area contributed by atoms with Gasteiger partial charge in [-0.2, -0.15) is 0 Å². The lowest BCUT2D eigenvalue weighted by molar-refractivity contribution is -0.120. The number of amides is 1. The molecule has 0 bridgehead atoms. The molecule has 1 unspecified atom stereocenters. The van der Waals surface area contributed by atoms with Crippen LogP contribution in [0, 0.1) is 0 Å². The van der Waals surface area contributed by atoms with Gasteiger partial charge in [-0.25, -0.2) is 35.4 Å². The first-order valence-corrected chi connectivity index (χ1v) is 16.7. The van der Waals surface area contributed by atoms with Gasteiger partial charge in [0.1, 0.15) is 5.01 Å². The molecule has 4 N–H and O–H groups in total. The minimum absolute atomic E-state index is 0.0306. The third kappa shape index (κ3) is 7.08. The summed E-state index contributed by atoms with van der Waals surface area (Å²) in [6.45, 7) is -0.559. The Hall–Kier alpha value is -2.43. The number of primary sulfonamides is 1. The van der Waals surface area contributed by atoms with E-state index >= 15 is 0 Å². The number of aliphatic hydroxyl groups is 1. The van der Waals surface area contributed by atoms with Crippen molar-refractivity contribution in [1.82, 2.24) is 10.3 Å². The van der Waals surface area contributed by atoms with Gasteiger partial charge in [0.15, 0.2) is 24.9 Å². The molecule has 36 heavy (non-hydrogen) atoms. The van der Waals surface area contributed by atoms with Crippen molar-refractivity contribution in [2.45, 2.75) is 16.6 Å². The minimum atomic E-state index is -3.94. The molecule has 3 rings (SSSR count). The number of aromatic nitrogens is 1. The highest BCUT2D eigenvalue weighted by Crippen LogP contribution is 2.33. The quantitative estimate of drug-likeness (QED) is 0.294. The lowest BCUT2D eigenvalue weighted by atomic mass is 10.1. The summed E-state index contributed by atoms with van der Waals surface area (Å²) in [5, 5.41) is 14.5. The number of fused-ring (bicyclic) bond motifs is 1. The van der Waals surface area contributed by atoms with Crippen LogP contribution in [-0.4, -0.2) is 72.2 Å². The lowest BCUT2D eigenvalue weighted by Crippen LogP contribution is -2.37. The van der Waals surface area contributed by atoms with E-state index in [1.165, 1.54) is 12.1 Å². The molecule has 1 aromatic heterocycles. The topological polar surface area (TPSA) is 191 Å². The highest BCUT2D eigenvalue weighted by molar-refractivity contribution is 7.92. The van der Waals surface area contributed by atoms with Crippen molar-refractivity contribution in [3.63, 3.8) is 0 Å². The number of thiazole rings is 1. The molecule has 0 aliphatic carbocycles. The number of nitrogens with two attached hydrogens (primary N) is 1. The Bertz CT molecular complexity index is 1580. The Morgan fingerprint density at radius 2 is 1.67 bits per heavy atom. The Morgan fingerprint density at radius 1 is 1.03 bits per heavy atom. The van der Waals surface area contributed by atoms with Crippen molar-refractivity contribution in [3.8, 4) is 11.1 Å². The van der Waals surface area contributed by atoms with E-state index in [1.54, 1.807) is 30.3 Å². The van der Waals surface area contributed by atoms with E-state index in [1.807, 2.05) is 0 Å². The highest BCUT2D eigenvalue weighted by atomic mass is 32.2. The van der Waals surface area contributed by atoms with Crippen LogP contribution in [0.25, 0.3) is 21.3 Å². The van der Waals surface area contributed by atoms with Crippen LogP contribution in [0.1, 0.15) is 16.7 Å². The summed E-state index contributed by atoms with van der Waals surface area (Å²) in [5.41, 5.74) is 1.91. The van der Waals surface area contributed by atoms with E-state index in [-0.39, 0.29) is 35.2 Å². The molecular formula is C21H25N3O8S4. The van der Waals surface area contributed by atoms with Crippen molar-refractivity contribution in [2.75, 3.05) is 30.9 Å². The van der Waals surface area contributed by atoms with Gasteiger partial charge >= 0.3 is 0 Å². The third-order valence-electron chi connectivity index (χ3n) is 5.10. The van der Waals surface area contributed by atoms with Gasteiger partial charge in [-0.1, -0.05) is 18.2 Å². The summed E-state index contributed by atoms with van der Waals surface area (Å²) in [4.78, 5) is 17.0. The molecule has 196 valence electrons. The average molecular weight is 576 g/mol. The highest BCUT2D eigenvalue weighted by Gasteiger charge is 2.34. The van der Waals surface area contributed by atoms with Crippen LogP contribution in [0.15, 0.2) is 47.4 Å². The second-order valence-electron chi connectivity index (χ2n) is 8.02. The molecule has 2 aromatic carbocycles. The summed E-state index contributed by atoms with van der Waals surface area (Å²) in [5.74, 6) is -1.60. The van der Waals surface area contributed by atoms with Crippen molar-refractivity contribution in [1.29, 1.82) is 0 Å². The summed E-state index contributed by atoms with van der Waals surface area (Å²) in [7, 11) is -11.3. The van der Waals surface area contributed by atoms with Gasteiger partial charge in [0.25, 0.3) is 0 Å². The molecule has 1 amide bonds. The first kappa shape index (κ1) is 28.1. The van der Waals surface area contributed by atoms with Crippen molar-refractivity contribution >= 4 is 57.2 Å². The Labute approximate surface area is 213 Å². The lowest BCUT2D eigenvalue weighted by Gasteiger charge is -2.12. The molecule has 15 heteroatoms. The Morgan fingerprint density at radius 3 is 2.25 bits per heavy atom. The second-order valence-corrected chi connectivity index (χ2v) is 15.1. The molecular weight excluding hydrogens is 551 g/mol. The third-order valence-corrected chi connectivity index (χ3v) is 10.2. The molecule has 3 aromatic rings. The fraction of sp³-hybridized carbons (Fsp3) is 0.333. The number of nitrogens with zero attached hydrogens (tertiary/aromatic N) is 1. The summed E-state index contributed by atoms with van der Waals surface area (Å²) >= 11 is 1.01. The SMILES string of the molecule is CS(=O)(=O)C(C(=O)NCCS(N)(=O)=O)c1nc2ccc(-c3ccc(S(=O)(=O)CCCO)cc3)cc2s1. The smallest absolute Gasteiger partial charge is 0.245 e. The Balaban J connectivity index is 1.89. The molecule has 1 atom stereocenters. The molecule has 0 aliphatic rings. The maximum absolute atomic E-state index is 12.6. The zero-order chi connectivity index (χ0) is 26.7. The van der Waals surface area contributed by atoms with Crippen LogP contribution in [0.2, 0.25) is 0 Å². The number of rotatable bonds is 11.